The fourth-order valence-corrected chi connectivity index (χ4v) is 3.90. The molecule has 1 atom stereocenters. The standard InChI is InChI=1S/C22H32N6O3.C2HF3O2/c1-17-16-23-10-13-28(17)20-22(26-9-8-24-20)30-15-14-29-19-4-3-7-25-21(19)31-18-5-11-27(2)12-6-18;3-2(4,5)1(6)7/h3-4,7-9,17-18,23H,5-6,10-16H2,1-2H3;(H,6,7)/t17-;/m1./s1. The van der Waals surface area contributed by atoms with Gasteiger partial charge in [0.2, 0.25) is 0 Å². The smallest absolute Gasteiger partial charge is 0.484 e. The molecule has 14 heteroatoms. The minimum atomic E-state index is -5.08. The van der Waals surface area contributed by atoms with Gasteiger partial charge in [0.05, 0.1) is 0 Å². The Morgan fingerprint density at radius 3 is 2.42 bits per heavy atom. The van der Waals surface area contributed by atoms with Crippen LogP contribution in [-0.4, -0.2) is 102 Å². The van der Waals surface area contributed by atoms with E-state index in [0.29, 0.717) is 36.8 Å². The lowest BCUT2D eigenvalue weighted by Gasteiger charge is -2.35. The lowest BCUT2D eigenvalue weighted by molar-refractivity contribution is -0.192. The topological polar surface area (TPSA) is 122 Å². The number of alkyl halides is 3. The van der Waals surface area contributed by atoms with Gasteiger partial charge in [-0.3, -0.25) is 0 Å². The summed E-state index contributed by atoms with van der Waals surface area (Å²) < 4.78 is 49.7. The zero-order chi connectivity index (χ0) is 27.5. The molecular formula is C24H33F3N6O5. The highest BCUT2D eigenvalue weighted by atomic mass is 19.4. The Morgan fingerprint density at radius 1 is 1.08 bits per heavy atom. The predicted octanol–water partition coefficient (Wildman–Crippen LogP) is 2.23. The normalized spacial score (nSPS) is 18.8. The third-order valence-electron chi connectivity index (χ3n) is 5.92. The molecule has 0 bridgehead atoms. The van der Waals surface area contributed by atoms with E-state index in [-0.39, 0.29) is 6.10 Å². The molecular weight excluding hydrogens is 509 g/mol. The van der Waals surface area contributed by atoms with Gasteiger partial charge in [-0.25, -0.2) is 19.7 Å². The summed E-state index contributed by atoms with van der Waals surface area (Å²) in [6.45, 7) is 7.67. The highest BCUT2D eigenvalue weighted by molar-refractivity contribution is 5.73. The Balaban J connectivity index is 0.000000505. The number of halogens is 3. The number of hydrogen-bond donors (Lipinski definition) is 2. The Morgan fingerprint density at radius 2 is 1.74 bits per heavy atom. The fourth-order valence-electron chi connectivity index (χ4n) is 3.90. The van der Waals surface area contributed by atoms with Gasteiger partial charge >= 0.3 is 12.1 Å². The van der Waals surface area contributed by atoms with Gasteiger partial charge in [-0.1, -0.05) is 0 Å². The third kappa shape index (κ3) is 8.87. The van der Waals surface area contributed by atoms with Crippen LogP contribution in [0.3, 0.4) is 0 Å². The first-order chi connectivity index (χ1) is 18.1. The molecule has 2 saturated heterocycles. The van der Waals surface area contributed by atoms with Crippen molar-refractivity contribution in [1.82, 2.24) is 25.2 Å². The summed E-state index contributed by atoms with van der Waals surface area (Å²) in [7, 11) is 2.14. The maximum absolute atomic E-state index is 10.6. The molecule has 2 N–H and O–H groups in total. The van der Waals surface area contributed by atoms with Crippen molar-refractivity contribution in [1.29, 1.82) is 0 Å². The van der Waals surface area contributed by atoms with Crippen LogP contribution < -0.4 is 24.4 Å². The van der Waals surface area contributed by atoms with Gasteiger partial charge in [0.25, 0.3) is 11.8 Å². The molecule has 0 radical (unpaired) electrons. The highest BCUT2D eigenvalue weighted by Crippen LogP contribution is 2.28. The van der Waals surface area contributed by atoms with Crippen LogP contribution in [-0.2, 0) is 4.79 Å². The lowest BCUT2D eigenvalue weighted by Crippen LogP contribution is -2.50. The first-order valence-corrected chi connectivity index (χ1v) is 12.3. The summed E-state index contributed by atoms with van der Waals surface area (Å²) in [5.74, 6) is -0.252. The molecule has 2 aliphatic heterocycles. The highest BCUT2D eigenvalue weighted by Gasteiger charge is 2.38. The van der Waals surface area contributed by atoms with Crippen LogP contribution in [0.25, 0.3) is 0 Å². The minimum absolute atomic E-state index is 0.174. The molecule has 2 fully saturated rings. The van der Waals surface area contributed by atoms with Crippen molar-refractivity contribution in [3.63, 3.8) is 0 Å². The average Bonchev–Trinajstić information content (AvgIpc) is 2.89. The van der Waals surface area contributed by atoms with Crippen LogP contribution in [0.5, 0.6) is 17.5 Å². The number of carboxylic acids is 1. The van der Waals surface area contributed by atoms with E-state index in [4.69, 9.17) is 24.1 Å². The van der Waals surface area contributed by atoms with Crippen LogP contribution in [0.1, 0.15) is 19.8 Å². The Hall–Kier alpha value is -3.39. The first kappa shape index (κ1) is 29.2. The number of aliphatic carboxylic acids is 1. The molecule has 0 aliphatic carbocycles. The average molecular weight is 543 g/mol. The predicted molar refractivity (Wildman–Crippen MR) is 132 cm³/mol. The quantitative estimate of drug-likeness (QED) is 0.478. The second-order valence-electron chi connectivity index (χ2n) is 8.86. The number of piperazine rings is 1. The summed E-state index contributed by atoms with van der Waals surface area (Å²) in [6, 6.07) is 4.07. The monoisotopic (exact) mass is 542 g/mol. The summed E-state index contributed by atoms with van der Waals surface area (Å²) in [6.07, 6.45) is 2.17. The van der Waals surface area contributed by atoms with Gasteiger partial charge in [-0.15, -0.1) is 0 Å². The van der Waals surface area contributed by atoms with E-state index in [1.54, 1.807) is 18.6 Å². The van der Waals surface area contributed by atoms with Crippen LogP contribution in [0.15, 0.2) is 30.7 Å². The summed E-state index contributed by atoms with van der Waals surface area (Å²) in [5.41, 5.74) is 0. The zero-order valence-corrected chi connectivity index (χ0v) is 21.4. The van der Waals surface area contributed by atoms with Gasteiger partial charge in [-0.2, -0.15) is 13.2 Å². The van der Waals surface area contributed by atoms with Gasteiger partial charge in [0, 0.05) is 57.4 Å². The van der Waals surface area contributed by atoms with Crippen LogP contribution in [0, 0.1) is 0 Å². The fraction of sp³-hybridized carbons (Fsp3) is 0.583. The van der Waals surface area contributed by atoms with Crippen molar-refractivity contribution in [2.75, 3.05) is 57.9 Å². The van der Waals surface area contributed by atoms with Crippen molar-refractivity contribution in [2.24, 2.45) is 0 Å². The maximum atomic E-state index is 10.6. The lowest BCUT2D eigenvalue weighted by atomic mass is 10.1. The Bertz CT molecular complexity index is 1020. The molecule has 0 spiro atoms. The number of aromatic nitrogens is 3. The van der Waals surface area contributed by atoms with Crippen molar-refractivity contribution in [3.8, 4) is 17.5 Å². The summed E-state index contributed by atoms with van der Waals surface area (Å²) in [5, 5.41) is 10.5. The third-order valence-corrected chi connectivity index (χ3v) is 5.92. The van der Waals surface area contributed by atoms with Gasteiger partial charge in [0.15, 0.2) is 11.6 Å². The SMILES string of the molecule is C[C@@H]1CNCCN1c1nccnc1OCCOc1cccnc1OC1CCN(C)CC1.O=C(O)C(F)(F)F. The maximum Gasteiger partial charge on any atom is 0.490 e. The van der Waals surface area contributed by atoms with E-state index >= 15 is 0 Å². The number of hydrogen-bond acceptors (Lipinski definition) is 10. The molecule has 0 unspecified atom stereocenters. The zero-order valence-electron chi connectivity index (χ0n) is 21.4. The second-order valence-corrected chi connectivity index (χ2v) is 8.86. The van der Waals surface area contributed by atoms with E-state index in [2.05, 4.69) is 44.0 Å². The molecule has 2 aromatic rings. The Kier molecular flexibility index (Phi) is 10.7. The number of pyridine rings is 1. The van der Waals surface area contributed by atoms with Crippen molar-refractivity contribution >= 4 is 11.8 Å². The number of nitrogens with one attached hydrogen (secondary N) is 1. The molecule has 38 heavy (non-hydrogen) atoms. The number of carboxylic acid groups (broad SMARTS) is 1. The van der Waals surface area contributed by atoms with Gasteiger partial charge < -0.3 is 34.4 Å². The summed E-state index contributed by atoms with van der Waals surface area (Å²) >= 11 is 0. The first-order valence-electron chi connectivity index (χ1n) is 12.3. The molecule has 0 aromatic carbocycles. The molecule has 2 aliphatic rings. The van der Waals surface area contributed by atoms with Crippen LogP contribution in [0.4, 0.5) is 19.0 Å². The van der Waals surface area contributed by atoms with Gasteiger partial charge in [0.1, 0.15) is 19.3 Å². The van der Waals surface area contributed by atoms with E-state index in [1.165, 1.54) is 0 Å². The van der Waals surface area contributed by atoms with Gasteiger partial charge in [-0.05, 0) is 38.9 Å². The van der Waals surface area contributed by atoms with Crippen LogP contribution in [0.2, 0.25) is 0 Å². The number of anilines is 1. The number of carbonyl (C=O) groups is 1. The molecule has 2 aromatic heterocycles. The van der Waals surface area contributed by atoms with E-state index < -0.39 is 12.1 Å². The molecule has 11 nitrogen and oxygen atoms in total. The van der Waals surface area contributed by atoms with Crippen molar-refractivity contribution < 1.29 is 37.3 Å². The number of piperidine rings is 1. The number of likely N-dealkylation sites (tertiary alicyclic amines) is 1. The number of rotatable bonds is 8. The number of ether oxygens (including phenoxy) is 3. The molecule has 4 rings (SSSR count). The van der Waals surface area contributed by atoms with E-state index in [0.717, 1.165) is 51.4 Å². The molecule has 0 amide bonds. The van der Waals surface area contributed by atoms with Crippen molar-refractivity contribution in [2.45, 2.75) is 38.1 Å². The second kappa shape index (κ2) is 14.0. The minimum Gasteiger partial charge on any atom is -0.484 e. The van der Waals surface area contributed by atoms with Crippen LogP contribution >= 0.6 is 0 Å². The Labute approximate surface area is 218 Å². The molecule has 4 heterocycles. The number of nitrogens with zero attached hydrogens (tertiary/aromatic N) is 5. The van der Waals surface area contributed by atoms with E-state index in [9.17, 15) is 13.2 Å². The molecule has 0 saturated carbocycles. The molecule has 210 valence electrons. The van der Waals surface area contributed by atoms with E-state index in [1.807, 2.05) is 12.1 Å². The largest absolute Gasteiger partial charge is 0.490 e. The van der Waals surface area contributed by atoms with Crippen molar-refractivity contribution in [3.05, 3.63) is 30.7 Å². The summed E-state index contributed by atoms with van der Waals surface area (Å²) in [4.78, 5) is 26.7.